The average molecular weight is 240 g/mol. The maximum Gasteiger partial charge on any atom is 0.0657 e. The van der Waals surface area contributed by atoms with Gasteiger partial charge in [-0.25, -0.2) is 0 Å². The van der Waals surface area contributed by atoms with Crippen LogP contribution in [0.5, 0.6) is 0 Å². The van der Waals surface area contributed by atoms with Crippen LogP contribution in [0.2, 0.25) is 0 Å². The van der Waals surface area contributed by atoms with E-state index in [1.165, 1.54) is 18.4 Å². The number of hydrogen-bond acceptors (Lipinski definition) is 2. The van der Waals surface area contributed by atoms with E-state index in [1.807, 2.05) is 0 Å². The van der Waals surface area contributed by atoms with Crippen LogP contribution in [0, 0.1) is 17.2 Å². The molecule has 2 fully saturated rings. The fourth-order valence-electron chi connectivity index (χ4n) is 3.85. The summed E-state index contributed by atoms with van der Waals surface area (Å²) in [7, 11) is 0. The molecule has 0 N–H and O–H groups in total. The van der Waals surface area contributed by atoms with E-state index in [-0.39, 0.29) is 0 Å². The van der Waals surface area contributed by atoms with E-state index >= 15 is 0 Å². The molecular weight excluding hydrogens is 220 g/mol. The van der Waals surface area contributed by atoms with Gasteiger partial charge in [-0.05, 0) is 38.2 Å². The lowest BCUT2D eigenvalue weighted by molar-refractivity contribution is 0.0792. The van der Waals surface area contributed by atoms with Crippen molar-refractivity contribution >= 4 is 0 Å². The highest BCUT2D eigenvalue weighted by atomic mass is 15.2. The van der Waals surface area contributed by atoms with Crippen molar-refractivity contribution in [1.82, 2.24) is 4.90 Å². The van der Waals surface area contributed by atoms with Crippen LogP contribution in [0.15, 0.2) is 30.3 Å². The lowest BCUT2D eigenvalue weighted by Gasteiger charge is -2.41. The number of hydrogen-bond donors (Lipinski definition) is 0. The Balaban J connectivity index is 1.80. The highest BCUT2D eigenvalue weighted by molar-refractivity contribution is 5.20. The molecule has 2 nitrogen and oxygen atoms in total. The topological polar surface area (TPSA) is 27.0 Å². The first-order chi connectivity index (χ1) is 8.79. The zero-order valence-corrected chi connectivity index (χ0v) is 10.9. The number of rotatable bonds is 2. The summed E-state index contributed by atoms with van der Waals surface area (Å²) in [4.78, 5) is 2.67. The summed E-state index contributed by atoms with van der Waals surface area (Å²) in [5.74, 6) is 0.293. The largest absolute Gasteiger partial charge is 0.291 e. The van der Waals surface area contributed by atoms with Crippen LogP contribution < -0.4 is 0 Å². The number of fused-ring (bicyclic) bond motifs is 2. The molecule has 0 aliphatic carbocycles. The molecule has 3 rings (SSSR count). The summed E-state index contributed by atoms with van der Waals surface area (Å²) >= 11 is 0. The minimum absolute atomic E-state index is 0.293. The number of nitriles is 1. The van der Waals surface area contributed by atoms with E-state index in [2.05, 4.69) is 48.2 Å². The van der Waals surface area contributed by atoms with Gasteiger partial charge >= 0.3 is 0 Å². The minimum Gasteiger partial charge on any atom is -0.291 e. The summed E-state index contributed by atoms with van der Waals surface area (Å²) in [6.07, 6.45) is 4.70. The third-order valence-corrected chi connectivity index (χ3v) is 4.70. The Morgan fingerprint density at radius 2 is 1.78 bits per heavy atom. The van der Waals surface area contributed by atoms with Crippen LogP contribution in [-0.2, 0) is 0 Å². The normalized spacial score (nSPS) is 33.0. The van der Waals surface area contributed by atoms with Crippen LogP contribution in [0.3, 0.4) is 0 Å². The van der Waals surface area contributed by atoms with Crippen molar-refractivity contribution in [1.29, 1.82) is 5.26 Å². The van der Waals surface area contributed by atoms with Gasteiger partial charge in [-0.1, -0.05) is 30.3 Å². The van der Waals surface area contributed by atoms with Gasteiger partial charge in [0.2, 0.25) is 0 Å². The summed E-state index contributed by atoms with van der Waals surface area (Å²) in [5.41, 5.74) is 1.41. The quantitative estimate of drug-likeness (QED) is 0.791. The number of benzene rings is 1. The van der Waals surface area contributed by atoms with Crippen molar-refractivity contribution in [2.24, 2.45) is 5.92 Å². The molecule has 2 aliphatic rings. The Labute approximate surface area is 109 Å². The Kier molecular flexibility index (Phi) is 3.09. The van der Waals surface area contributed by atoms with Gasteiger partial charge in [0.1, 0.15) is 0 Å². The summed E-state index contributed by atoms with van der Waals surface area (Å²) in [5, 5.41) is 9.13. The highest BCUT2D eigenvalue weighted by Crippen LogP contribution is 2.43. The number of piperidine rings is 1. The van der Waals surface area contributed by atoms with Gasteiger partial charge in [0, 0.05) is 24.0 Å². The molecular formula is C16H20N2. The maximum atomic E-state index is 9.13. The summed E-state index contributed by atoms with van der Waals surface area (Å²) in [6.45, 7) is 2.31. The predicted octanol–water partition coefficient (Wildman–Crippen LogP) is 3.51. The Morgan fingerprint density at radius 3 is 2.33 bits per heavy atom. The van der Waals surface area contributed by atoms with Crippen molar-refractivity contribution < 1.29 is 0 Å². The molecule has 2 heterocycles. The van der Waals surface area contributed by atoms with Crippen molar-refractivity contribution in [2.45, 2.75) is 50.7 Å². The second-order valence-electron chi connectivity index (χ2n) is 5.72. The summed E-state index contributed by atoms with van der Waals surface area (Å²) in [6, 6.07) is 15.0. The molecule has 2 heteroatoms. The first-order valence-corrected chi connectivity index (χ1v) is 7.01. The van der Waals surface area contributed by atoms with Gasteiger partial charge in [0.25, 0.3) is 0 Å². The van der Waals surface area contributed by atoms with Gasteiger partial charge in [-0.2, -0.15) is 5.26 Å². The van der Waals surface area contributed by atoms with Crippen LogP contribution in [0.4, 0.5) is 0 Å². The fraction of sp³-hybridized carbons (Fsp3) is 0.562. The van der Waals surface area contributed by atoms with Crippen molar-refractivity contribution in [3.05, 3.63) is 35.9 Å². The molecule has 3 atom stereocenters. The van der Waals surface area contributed by atoms with Gasteiger partial charge in [-0.3, -0.25) is 4.90 Å². The monoisotopic (exact) mass is 240 g/mol. The van der Waals surface area contributed by atoms with Gasteiger partial charge in [0.05, 0.1) is 6.07 Å². The molecule has 0 radical (unpaired) electrons. The molecule has 2 bridgehead atoms. The zero-order valence-electron chi connectivity index (χ0n) is 10.9. The first kappa shape index (κ1) is 11.7. The Morgan fingerprint density at radius 1 is 1.17 bits per heavy atom. The molecule has 2 saturated heterocycles. The predicted molar refractivity (Wildman–Crippen MR) is 71.8 cm³/mol. The first-order valence-electron chi connectivity index (χ1n) is 7.01. The van der Waals surface area contributed by atoms with E-state index in [0.29, 0.717) is 24.0 Å². The maximum absolute atomic E-state index is 9.13. The van der Waals surface area contributed by atoms with E-state index in [9.17, 15) is 0 Å². The van der Waals surface area contributed by atoms with Crippen molar-refractivity contribution in [3.63, 3.8) is 0 Å². The average Bonchev–Trinajstić information content (AvgIpc) is 2.69. The fourth-order valence-corrected chi connectivity index (χ4v) is 3.85. The third-order valence-electron chi connectivity index (χ3n) is 4.70. The second-order valence-corrected chi connectivity index (χ2v) is 5.72. The van der Waals surface area contributed by atoms with E-state index in [0.717, 1.165) is 12.8 Å². The molecule has 94 valence electrons. The van der Waals surface area contributed by atoms with E-state index in [1.54, 1.807) is 0 Å². The van der Waals surface area contributed by atoms with Crippen molar-refractivity contribution in [3.8, 4) is 6.07 Å². The molecule has 18 heavy (non-hydrogen) atoms. The Bertz CT molecular complexity index is 434. The van der Waals surface area contributed by atoms with Crippen LogP contribution in [-0.4, -0.2) is 17.0 Å². The lowest BCUT2D eigenvalue weighted by Crippen LogP contribution is -2.43. The van der Waals surface area contributed by atoms with Gasteiger partial charge < -0.3 is 0 Å². The molecule has 0 spiro atoms. The van der Waals surface area contributed by atoms with Gasteiger partial charge in [0.15, 0.2) is 0 Å². The number of nitrogens with zero attached hydrogens (tertiary/aromatic N) is 2. The van der Waals surface area contributed by atoms with Crippen LogP contribution >= 0.6 is 0 Å². The second kappa shape index (κ2) is 4.74. The molecule has 0 amide bonds. The molecule has 1 aromatic rings. The third kappa shape index (κ3) is 1.93. The zero-order chi connectivity index (χ0) is 12.5. The summed E-state index contributed by atoms with van der Waals surface area (Å²) < 4.78 is 0. The van der Waals surface area contributed by atoms with Crippen LogP contribution in [0.25, 0.3) is 0 Å². The molecule has 0 aromatic heterocycles. The molecule has 1 aromatic carbocycles. The Hall–Kier alpha value is -1.33. The highest BCUT2D eigenvalue weighted by Gasteiger charge is 2.42. The SMILES string of the molecule is C[C@H](c1ccccc1)N1C2CCC1CC(C#N)C2. The molecule has 0 saturated carbocycles. The van der Waals surface area contributed by atoms with E-state index < -0.39 is 0 Å². The van der Waals surface area contributed by atoms with E-state index in [4.69, 9.17) is 5.26 Å². The van der Waals surface area contributed by atoms with Crippen molar-refractivity contribution in [2.75, 3.05) is 0 Å². The molecule has 2 unspecified atom stereocenters. The lowest BCUT2D eigenvalue weighted by atomic mass is 9.89. The minimum atomic E-state index is 0.293. The van der Waals surface area contributed by atoms with Gasteiger partial charge in [-0.15, -0.1) is 0 Å². The van der Waals surface area contributed by atoms with Crippen LogP contribution in [0.1, 0.15) is 44.2 Å². The standard InChI is InChI=1S/C16H20N2/c1-12(14-5-3-2-4-6-14)18-15-7-8-16(18)10-13(9-15)11-17/h2-6,12-13,15-16H,7-10H2,1H3/t12-,13?,15?,16?/m1/s1. The molecule has 2 aliphatic heterocycles. The smallest absolute Gasteiger partial charge is 0.0657 e.